The molecule has 0 N–H and O–H groups in total. The number of hydrogen-bond acceptors (Lipinski definition) is 3. The van der Waals surface area contributed by atoms with Crippen molar-refractivity contribution in [3.63, 3.8) is 0 Å². The molecule has 1 heterocycles. The first-order valence-corrected chi connectivity index (χ1v) is 8.36. The average Bonchev–Trinajstić information content (AvgIpc) is 2.37. The molecule has 1 saturated heterocycles. The summed E-state index contributed by atoms with van der Waals surface area (Å²) in [5.74, 6) is 0.608. The summed E-state index contributed by atoms with van der Waals surface area (Å²) in [6.07, 6.45) is 1.06. The molecule has 0 aliphatic carbocycles. The number of Topliss-reactive ketones (excluding diaryl/α,β-unsaturated/α-hetero) is 1. The van der Waals surface area contributed by atoms with Crippen molar-refractivity contribution in [1.29, 1.82) is 0 Å². The Balaban J connectivity index is 2.34. The molecule has 0 spiro atoms. The summed E-state index contributed by atoms with van der Waals surface area (Å²) in [6, 6.07) is 6.30. The maximum Gasteiger partial charge on any atom is 0.243 e. The lowest BCUT2D eigenvalue weighted by atomic mass is 9.94. The molecular formula is C15H21NO3S. The molecule has 20 heavy (non-hydrogen) atoms. The van der Waals surface area contributed by atoms with Crippen molar-refractivity contribution in [1.82, 2.24) is 4.31 Å². The molecule has 0 radical (unpaired) electrons. The van der Waals surface area contributed by atoms with E-state index >= 15 is 0 Å². The molecule has 4 nitrogen and oxygen atoms in total. The van der Waals surface area contributed by atoms with E-state index in [1.54, 1.807) is 22.5 Å². The van der Waals surface area contributed by atoms with Crippen LogP contribution in [0.4, 0.5) is 0 Å². The summed E-state index contributed by atoms with van der Waals surface area (Å²) in [5.41, 5.74) is 0.434. The molecule has 2 rings (SSSR count). The standard InChI is InChI=1S/C15H21NO3S/c1-11-7-12(2)10-16(9-11)20(18,19)15-6-4-5-14(8-15)13(3)17/h4-6,8,11-12H,7,9-10H2,1-3H3/t11-,12+. The number of piperidine rings is 1. The van der Waals surface area contributed by atoms with E-state index in [-0.39, 0.29) is 10.7 Å². The molecule has 1 aromatic carbocycles. The predicted octanol–water partition coefficient (Wildman–Crippen LogP) is 2.56. The highest BCUT2D eigenvalue weighted by atomic mass is 32.2. The zero-order valence-electron chi connectivity index (χ0n) is 12.2. The van der Waals surface area contributed by atoms with Gasteiger partial charge in [-0.1, -0.05) is 26.0 Å². The molecule has 0 unspecified atom stereocenters. The molecular weight excluding hydrogens is 274 g/mol. The number of nitrogens with zero attached hydrogens (tertiary/aromatic N) is 1. The van der Waals surface area contributed by atoms with Crippen LogP contribution in [0.3, 0.4) is 0 Å². The van der Waals surface area contributed by atoms with Crippen LogP contribution in [0.2, 0.25) is 0 Å². The maximum absolute atomic E-state index is 12.7. The van der Waals surface area contributed by atoms with Gasteiger partial charge >= 0.3 is 0 Å². The predicted molar refractivity (Wildman–Crippen MR) is 78.2 cm³/mol. The summed E-state index contributed by atoms with van der Waals surface area (Å²) >= 11 is 0. The van der Waals surface area contributed by atoms with E-state index in [0.29, 0.717) is 30.5 Å². The first-order valence-electron chi connectivity index (χ1n) is 6.92. The van der Waals surface area contributed by atoms with Gasteiger partial charge in [-0.25, -0.2) is 8.42 Å². The molecule has 0 saturated carbocycles. The summed E-state index contributed by atoms with van der Waals surface area (Å²) in [5, 5.41) is 0. The highest BCUT2D eigenvalue weighted by molar-refractivity contribution is 7.89. The average molecular weight is 295 g/mol. The number of benzene rings is 1. The van der Waals surface area contributed by atoms with E-state index in [1.165, 1.54) is 13.0 Å². The van der Waals surface area contributed by atoms with Gasteiger partial charge in [-0.2, -0.15) is 4.31 Å². The zero-order valence-corrected chi connectivity index (χ0v) is 13.0. The quantitative estimate of drug-likeness (QED) is 0.805. The van der Waals surface area contributed by atoms with Crippen LogP contribution in [0.1, 0.15) is 37.6 Å². The Morgan fingerprint density at radius 3 is 2.35 bits per heavy atom. The van der Waals surface area contributed by atoms with Gasteiger partial charge < -0.3 is 0 Å². The molecule has 110 valence electrons. The van der Waals surface area contributed by atoms with Gasteiger partial charge in [0.15, 0.2) is 5.78 Å². The molecule has 0 amide bonds. The van der Waals surface area contributed by atoms with Crippen LogP contribution in [-0.4, -0.2) is 31.6 Å². The third-order valence-corrected chi connectivity index (χ3v) is 5.54. The first kappa shape index (κ1) is 15.2. The van der Waals surface area contributed by atoms with Gasteiger partial charge in [0.2, 0.25) is 10.0 Å². The van der Waals surface area contributed by atoms with Crippen LogP contribution in [0.5, 0.6) is 0 Å². The summed E-state index contributed by atoms with van der Waals surface area (Å²) in [6.45, 7) is 6.69. The Morgan fingerprint density at radius 1 is 1.20 bits per heavy atom. The second-order valence-corrected chi connectivity index (χ2v) is 7.79. The second-order valence-electron chi connectivity index (χ2n) is 5.85. The fourth-order valence-electron chi connectivity index (χ4n) is 2.83. The molecule has 1 aromatic rings. The van der Waals surface area contributed by atoms with Gasteiger partial charge in [-0.15, -0.1) is 0 Å². The van der Waals surface area contributed by atoms with Gasteiger partial charge in [-0.05, 0) is 37.3 Å². The Labute approximate surface area is 120 Å². The number of carbonyl (C=O) groups excluding carboxylic acids is 1. The number of hydrogen-bond donors (Lipinski definition) is 0. The third-order valence-electron chi connectivity index (χ3n) is 3.71. The number of ketones is 1. The molecule has 1 aliphatic rings. The Hall–Kier alpha value is -1.20. The minimum atomic E-state index is -3.50. The van der Waals surface area contributed by atoms with E-state index in [9.17, 15) is 13.2 Å². The van der Waals surface area contributed by atoms with Crippen LogP contribution in [0, 0.1) is 11.8 Å². The topological polar surface area (TPSA) is 54.5 Å². The van der Waals surface area contributed by atoms with Crippen LogP contribution in [-0.2, 0) is 10.0 Å². The van der Waals surface area contributed by atoms with Crippen molar-refractivity contribution in [2.45, 2.75) is 32.1 Å². The first-order chi connectivity index (χ1) is 9.30. The van der Waals surface area contributed by atoms with Crippen molar-refractivity contribution in [3.05, 3.63) is 29.8 Å². The van der Waals surface area contributed by atoms with Crippen molar-refractivity contribution < 1.29 is 13.2 Å². The Kier molecular flexibility index (Phi) is 4.30. The lowest BCUT2D eigenvalue weighted by Crippen LogP contribution is -2.42. The fraction of sp³-hybridized carbons (Fsp3) is 0.533. The van der Waals surface area contributed by atoms with Crippen LogP contribution in [0.15, 0.2) is 29.2 Å². The largest absolute Gasteiger partial charge is 0.295 e. The molecule has 2 atom stereocenters. The minimum Gasteiger partial charge on any atom is -0.295 e. The smallest absolute Gasteiger partial charge is 0.243 e. The fourth-order valence-corrected chi connectivity index (χ4v) is 4.55. The van der Waals surface area contributed by atoms with Gasteiger partial charge in [-0.3, -0.25) is 4.79 Å². The van der Waals surface area contributed by atoms with Gasteiger partial charge in [0, 0.05) is 18.7 Å². The molecule has 5 heteroatoms. The van der Waals surface area contributed by atoms with E-state index in [2.05, 4.69) is 13.8 Å². The van der Waals surface area contributed by atoms with Crippen molar-refractivity contribution >= 4 is 15.8 Å². The maximum atomic E-state index is 12.7. The zero-order chi connectivity index (χ0) is 14.9. The van der Waals surface area contributed by atoms with Crippen LogP contribution in [0.25, 0.3) is 0 Å². The van der Waals surface area contributed by atoms with Gasteiger partial charge in [0.25, 0.3) is 0 Å². The highest BCUT2D eigenvalue weighted by Gasteiger charge is 2.31. The number of sulfonamides is 1. The van der Waals surface area contributed by atoms with E-state index in [1.807, 2.05) is 0 Å². The molecule has 1 aliphatic heterocycles. The molecule has 0 aromatic heterocycles. The van der Waals surface area contributed by atoms with Crippen molar-refractivity contribution in [3.8, 4) is 0 Å². The lowest BCUT2D eigenvalue weighted by Gasteiger charge is -2.34. The third kappa shape index (κ3) is 3.10. The van der Waals surface area contributed by atoms with E-state index in [0.717, 1.165) is 6.42 Å². The normalized spacial score (nSPS) is 24.6. The summed E-state index contributed by atoms with van der Waals surface area (Å²) in [4.78, 5) is 11.6. The van der Waals surface area contributed by atoms with E-state index in [4.69, 9.17) is 0 Å². The summed E-state index contributed by atoms with van der Waals surface area (Å²) in [7, 11) is -3.50. The van der Waals surface area contributed by atoms with Crippen molar-refractivity contribution in [2.24, 2.45) is 11.8 Å². The highest BCUT2D eigenvalue weighted by Crippen LogP contribution is 2.26. The molecule has 0 bridgehead atoms. The SMILES string of the molecule is CC(=O)c1cccc(S(=O)(=O)N2C[C@H](C)C[C@H](C)C2)c1. The monoisotopic (exact) mass is 295 g/mol. The van der Waals surface area contributed by atoms with Crippen LogP contribution < -0.4 is 0 Å². The van der Waals surface area contributed by atoms with Crippen molar-refractivity contribution in [2.75, 3.05) is 13.1 Å². The van der Waals surface area contributed by atoms with Gasteiger partial charge in [0.05, 0.1) is 4.90 Å². The van der Waals surface area contributed by atoms with Crippen LogP contribution >= 0.6 is 0 Å². The second kappa shape index (κ2) is 5.66. The van der Waals surface area contributed by atoms with Gasteiger partial charge in [0.1, 0.15) is 0 Å². The lowest BCUT2D eigenvalue weighted by molar-refractivity contribution is 0.101. The Morgan fingerprint density at radius 2 is 1.80 bits per heavy atom. The number of rotatable bonds is 3. The summed E-state index contributed by atoms with van der Waals surface area (Å²) < 4.78 is 26.9. The molecule has 1 fully saturated rings. The van der Waals surface area contributed by atoms with E-state index < -0.39 is 10.0 Å². The minimum absolute atomic E-state index is 0.123. The Bertz CT molecular complexity index is 599. The number of carbonyl (C=O) groups is 1.